The van der Waals surface area contributed by atoms with Crippen molar-refractivity contribution in [1.82, 2.24) is 4.98 Å². The van der Waals surface area contributed by atoms with E-state index in [1.807, 2.05) is 12.1 Å². The molecule has 17 heavy (non-hydrogen) atoms. The zero-order valence-electron chi connectivity index (χ0n) is 9.38. The smallest absolute Gasteiger partial charge is 0.337 e. The summed E-state index contributed by atoms with van der Waals surface area (Å²) >= 11 is 0. The van der Waals surface area contributed by atoms with Crippen LogP contribution in [-0.2, 0) is 4.74 Å². The number of esters is 1. The van der Waals surface area contributed by atoms with Crippen LogP contribution in [0.25, 0.3) is 11.1 Å². The predicted octanol–water partition coefficient (Wildman–Crippen LogP) is 2.12. The lowest BCUT2D eigenvalue weighted by Gasteiger charge is -2.07. The molecule has 0 radical (unpaired) electrons. The maximum atomic E-state index is 11.3. The van der Waals surface area contributed by atoms with Crippen LogP contribution < -0.4 is 5.73 Å². The van der Waals surface area contributed by atoms with Gasteiger partial charge in [0.1, 0.15) is 0 Å². The topological polar surface area (TPSA) is 65.2 Å². The van der Waals surface area contributed by atoms with Crippen LogP contribution >= 0.6 is 0 Å². The Morgan fingerprint density at radius 3 is 2.76 bits per heavy atom. The van der Waals surface area contributed by atoms with Crippen LogP contribution in [-0.4, -0.2) is 18.1 Å². The summed E-state index contributed by atoms with van der Waals surface area (Å²) in [5.74, 6) is -0.394. The lowest BCUT2D eigenvalue weighted by molar-refractivity contribution is 0.0601. The SMILES string of the molecule is COC(=O)c1ccc(-c2cccnc2)c(N)c1. The van der Waals surface area contributed by atoms with E-state index in [4.69, 9.17) is 5.73 Å². The zero-order chi connectivity index (χ0) is 12.3. The van der Waals surface area contributed by atoms with Gasteiger partial charge in [-0.1, -0.05) is 12.1 Å². The first kappa shape index (κ1) is 11.1. The maximum Gasteiger partial charge on any atom is 0.337 e. The normalized spacial score (nSPS) is 9.94. The number of hydrogen-bond acceptors (Lipinski definition) is 4. The van der Waals surface area contributed by atoms with Gasteiger partial charge in [0, 0.05) is 29.2 Å². The molecule has 0 unspecified atom stereocenters. The summed E-state index contributed by atoms with van der Waals surface area (Å²) in [7, 11) is 1.34. The quantitative estimate of drug-likeness (QED) is 0.631. The monoisotopic (exact) mass is 228 g/mol. The highest BCUT2D eigenvalue weighted by Gasteiger charge is 2.09. The number of rotatable bonds is 2. The molecule has 0 atom stereocenters. The van der Waals surface area contributed by atoms with Gasteiger partial charge in [0.15, 0.2) is 0 Å². The molecular weight excluding hydrogens is 216 g/mol. The minimum Gasteiger partial charge on any atom is -0.465 e. The molecule has 4 nitrogen and oxygen atoms in total. The molecular formula is C13H12N2O2. The van der Waals surface area contributed by atoms with E-state index in [0.29, 0.717) is 11.3 Å². The molecule has 0 saturated heterocycles. The van der Waals surface area contributed by atoms with Crippen molar-refractivity contribution >= 4 is 11.7 Å². The lowest BCUT2D eigenvalue weighted by Crippen LogP contribution is -2.02. The number of ether oxygens (including phenoxy) is 1. The third kappa shape index (κ3) is 2.25. The maximum absolute atomic E-state index is 11.3. The first-order valence-electron chi connectivity index (χ1n) is 5.10. The van der Waals surface area contributed by atoms with E-state index in [9.17, 15) is 4.79 Å². The molecule has 1 aromatic carbocycles. The van der Waals surface area contributed by atoms with Crippen LogP contribution in [0.2, 0.25) is 0 Å². The summed E-state index contributed by atoms with van der Waals surface area (Å²) in [6.07, 6.45) is 3.42. The number of nitrogen functional groups attached to an aromatic ring is 1. The number of carbonyl (C=O) groups is 1. The highest BCUT2D eigenvalue weighted by atomic mass is 16.5. The van der Waals surface area contributed by atoms with Crippen LogP contribution in [0, 0.1) is 0 Å². The summed E-state index contributed by atoms with van der Waals surface area (Å²) < 4.78 is 4.63. The fourth-order valence-corrected chi connectivity index (χ4v) is 1.59. The van der Waals surface area contributed by atoms with Gasteiger partial charge in [0.2, 0.25) is 0 Å². The van der Waals surface area contributed by atoms with Crippen molar-refractivity contribution in [2.24, 2.45) is 0 Å². The lowest BCUT2D eigenvalue weighted by atomic mass is 10.0. The van der Waals surface area contributed by atoms with Gasteiger partial charge < -0.3 is 10.5 Å². The van der Waals surface area contributed by atoms with Crippen molar-refractivity contribution < 1.29 is 9.53 Å². The second kappa shape index (κ2) is 4.65. The minimum absolute atomic E-state index is 0.394. The molecule has 2 aromatic rings. The number of methoxy groups -OCH3 is 1. The Labute approximate surface area is 99.1 Å². The Morgan fingerprint density at radius 2 is 2.18 bits per heavy atom. The van der Waals surface area contributed by atoms with E-state index in [1.54, 1.807) is 30.6 Å². The number of nitrogens with two attached hydrogens (primary N) is 1. The van der Waals surface area contributed by atoms with Gasteiger partial charge in [0.05, 0.1) is 12.7 Å². The molecule has 0 fully saturated rings. The molecule has 0 aliphatic rings. The zero-order valence-corrected chi connectivity index (χ0v) is 9.38. The molecule has 2 N–H and O–H groups in total. The average Bonchev–Trinajstić information content (AvgIpc) is 2.38. The third-order valence-electron chi connectivity index (χ3n) is 2.45. The third-order valence-corrected chi connectivity index (χ3v) is 2.45. The van der Waals surface area contributed by atoms with E-state index in [2.05, 4.69) is 9.72 Å². The van der Waals surface area contributed by atoms with E-state index in [0.717, 1.165) is 11.1 Å². The Balaban J connectivity index is 2.42. The highest BCUT2D eigenvalue weighted by Crippen LogP contribution is 2.26. The van der Waals surface area contributed by atoms with E-state index >= 15 is 0 Å². The van der Waals surface area contributed by atoms with Crippen LogP contribution in [0.4, 0.5) is 5.69 Å². The first-order valence-corrected chi connectivity index (χ1v) is 5.10. The van der Waals surface area contributed by atoms with Gasteiger partial charge in [-0.15, -0.1) is 0 Å². The molecule has 4 heteroatoms. The summed E-state index contributed by atoms with van der Waals surface area (Å²) in [4.78, 5) is 15.4. The van der Waals surface area contributed by atoms with E-state index < -0.39 is 5.97 Å². The molecule has 0 spiro atoms. The fourth-order valence-electron chi connectivity index (χ4n) is 1.59. The largest absolute Gasteiger partial charge is 0.465 e. The number of pyridine rings is 1. The van der Waals surface area contributed by atoms with Crippen molar-refractivity contribution in [3.63, 3.8) is 0 Å². The molecule has 86 valence electrons. The number of benzene rings is 1. The van der Waals surface area contributed by atoms with E-state index in [-0.39, 0.29) is 0 Å². The summed E-state index contributed by atoms with van der Waals surface area (Å²) in [6.45, 7) is 0. The van der Waals surface area contributed by atoms with Gasteiger partial charge in [0.25, 0.3) is 0 Å². The van der Waals surface area contributed by atoms with Crippen molar-refractivity contribution in [2.45, 2.75) is 0 Å². The first-order chi connectivity index (χ1) is 8.22. The van der Waals surface area contributed by atoms with Gasteiger partial charge in [-0.2, -0.15) is 0 Å². The Kier molecular flexibility index (Phi) is 3.05. The fraction of sp³-hybridized carbons (Fsp3) is 0.0769. The number of anilines is 1. The van der Waals surface area contributed by atoms with Crippen molar-refractivity contribution in [3.05, 3.63) is 48.3 Å². The molecule has 1 heterocycles. The van der Waals surface area contributed by atoms with Gasteiger partial charge >= 0.3 is 5.97 Å². The molecule has 0 saturated carbocycles. The van der Waals surface area contributed by atoms with Gasteiger partial charge in [-0.25, -0.2) is 4.79 Å². The standard InChI is InChI=1S/C13H12N2O2/c1-17-13(16)9-4-5-11(12(14)7-9)10-3-2-6-15-8-10/h2-8H,14H2,1H3. The van der Waals surface area contributed by atoms with Crippen molar-refractivity contribution in [2.75, 3.05) is 12.8 Å². The Hall–Kier alpha value is -2.36. The van der Waals surface area contributed by atoms with Gasteiger partial charge in [-0.3, -0.25) is 4.98 Å². The minimum atomic E-state index is -0.394. The second-order valence-corrected chi connectivity index (χ2v) is 3.54. The van der Waals surface area contributed by atoms with Crippen LogP contribution in [0.15, 0.2) is 42.7 Å². The molecule has 0 amide bonds. The number of aromatic nitrogens is 1. The van der Waals surface area contributed by atoms with E-state index in [1.165, 1.54) is 7.11 Å². The summed E-state index contributed by atoms with van der Waals surface area (Å²) in [6, 6.07) is 8.83. The molecule has 2 rings (SSSR count). The van der Waals surface area contributed by atoms with Crippen molar-refractivity contribution in [3.8, 4) is 11.1 Å². The average molecular weight is 228 g/mol. The second-order valence-electron chi connectivity index (χ2n) is 3.54. The van der Waals surface area contributed by atoms with Crippen LogP contribution in [0.1, 0.15) is 10.4 Å². The van der Waals surface area contributed by atoms with Gasteiger partial charge in [-0.05, 0) is 18.2 Å². The highest BCUT2D eigenvalue weighted by molar-refractivity contribution is 5.92. The number of nitrogens with zero attached hydrogens (tertiary/aromatic N) is 1. The van der Waals surface area contributed by atoms with Crippen LogP contribution in [0.5, 0.6) is 0 Å². The summed E-state index contributed by atoms with van der Waals surface area (Å²) in [5.41, 5.74) is 8.65. The molecule has 0 aliphatic heterocycles. The number of hydrogen-bond donors (Lipinski definition) is 1. The molecule has 1 aromatic heterocycles. The Morgan fingerprint density at radius 1 is 1.35 bits per heavy atom. The predicted molar refractivity (Wildman–Crippen MR) is 65.4 cm³/mol. The molecule has 0 bridgehead atoms. The molecule has 0 aliphatic carbocycles. The Bertz CT molecular complexity index is 538. The van der Waals surface area contributed by atoms with Crippen LogP contribution in [0.3, 0.4) is 0 Å². The summed E-state index contributed by atoms with van der Waals surface area (Å²) in [5, 5.41) is 0. The number of carbonyl (C=O) groups excluding carboxylic acids is 1. The van der Waals surface area contributed by atoms with Crippen molar-refractivity contribution in [1.29, 1.82) is 0 Å².